The highest BCUT2D eigenvalue weighted by Crippen LogP contribution is 2.29. The van der Waals surface area contributed by atoms with Crippen LogP contribution >= 0.6 is 0 Å². The summed E-state index contributed by atoms with van der Waals surface area (Å²) < 4.78 is 38.0. The zero-order chi connectivity index (χ0) is 13.8. The van der Waals surface area contributed by atoms with Crippen LogP contribution in [0, 0.1) is 17.2 Å². The number of amidine groups is 1. The third kappa shape index (κ3) is 4.48. The van der Waals surface area contributed by atoms with E-state index in [9.17, 15) is 13.2 Å². The van der Waals surface area contributed by atoms with Crippen LogP contribution in [0.15, 0.2) is 0 Å². The summed E-state index contributed by atoms with van der Waals surface area (Å²) in [6.07, 6.45) is -0.217. The van der Waals surface area contributed by atoms with Gasteiger partial charge in [-0.3, -0.25) is 5.41 Å². The monoisotopic (exact) mass is 265 g/mol. The summed E-state index contributed by atoms with van der Waals surface area (Å²) in [7, 11) is 0. The number of nitrogens with one attached hydrogen (secondary N) is 1. The van der Waals surface area contributed by atoms with E-state index in [1.165, 1.54) is 0 Å². The van der Waals surface area contributed by atoms with Gasteiger partial charge in [-0.2, -0.15) is 13.2 Å². The molecule has 6 heteroatoms. The molecule has 1 rings (SSSR count). The Morgan fingerprint density at radius 2 is 1.94 bits per heavy atom. The summed E-state index contributed by atoms with van der Waals surface area (Å²) in [5.74, 6) is -1.95. The lowest BCUT2D eigenvalue weighted by atomic mass is 9.92. The smallest absolute Gasteiger partial charge is 0.387 e. The summed E-state index contributed by atoms with van der Waals surface area (Å²) in [5, 5.41) is 7.06. The number of hydrogen-bond acceptors (Lipinski definition) is 2. The Morgan fingerprint density at radius 3 is 2.33 bits per heavy atom. The van der Waals surface area contributed by atoms with Crippen LogP contribution in [0.3, 0.4) is 0 Å². The Hall–Kier alpha value is -0.780. The molecule has 3 N–H and O–H groups in total. The van der Waals surface area contributed by atoms with Crippen LogP contribution in [0.1, 0.15) is 32.6 Å². The van der Waals surface area contributed by atoms with Crippen molar-refractivity contribution in [2.75, 3.05) is 19.6 Å². The number of likely N-dealkylation sites (tertiary alicyclic amines) is 1. The Labute approximate surface area is 106 Å². The molecule has 0 aromatic rings. The van der Waals surface area contributed by atoms with E-state index in [-0.39, 0.29) is 6.54 Å². The van der Waals surface area contributed by atoms with Gasteiger partial charge in [0.2, 0.25) is 0 Å². The topological polar surface area (TPSA) is 53.1 Å². The number of alkyl halides is 3. The van der Waals surface area contributed by atoms with Gasteiger partial charge in [-0.1, -0.05) is 19.8 Å². The van der Waals surface area contributed by atoms with E-state index in [2.05, 4.69) is 6.92 Å². The zero-order valence-corrected chi connectivity index (χ0v) is 10.8. The number of rotatable bonds is 5. The first-order chi connectivity index (χ1) is 8.34. The van der Waals surface area contributed by atoms with Crippen LogP contribution in [-0.4, -0.2) is 36.5 Å². The maximum absolute atomic E-state index is 12.7. The lowest BCUT2D eigenvalue weighted by molar-refractivity contribution is -0.160. The van der Waals surface area contributed by atoms with Crippen LogP contribution in [0.4, 0.5) is 13.2 Å². The van der Waals surface area contributed by atoms with Gasteiger partial charge in [0.15, 0.2) is 0 Å². The van der Waals surface area contributed by atoms with E-state index < -0.39 is 17.9 Å². The Morgan fingerprint density at radius 1 is 1.39 bits per heavy atom. The van der Waals surface area contributed by atoms with Crippen molar-refractivity contribution in [3.05, 3.63) is 0 Å². The second-order valence-electron chi connectivity index (χ2n) is 5.08. The van der Waals surface area contributed by atoms with Crippen molar-refractivity contribution in [2.45, 2.75) is 38.8 Å². The highest BCUT2D eigenvalue weighted by atomic mass is 19.4. The fourth-order valence-electron chi connectivity index (χ4n) is 2.50. The second kappa shape index (κ2) is 6.41. The van der Waals surface area contributed by atoms with Gasteiger partial charge in [0.25, 0.3) is 0 Å². The van der Waals surface area contributed by atoms with E-state index >= 15 is 0 Å². The first-order valence-corrected chi connectivity index (χ1v) is 6.47. The van der Waals surface area contributed by atoms with Gasteiger partial charge in [0.1, 0.15) is 11.8 Å². The van der Waals surface area contributed by atoms with Crippen molar-refractivity contribution >= 4 is 5.84 Å². The molecule has 0 bridgehead atoms. The number of nitrogens with two attached hydrogens (primary N) is 1. The molecule has 0 saturated carbocycles. The van der Waals surface area contributed by atoms with Crippen molar-refractivity contribution in [1.82, 2.24) is 4.90 Å². The molecular formula is C12H22F3N3. The number of piperidine rings is 1. The number of nitrogens with zero attached hydrogens (tertiary/aromatic N) is 1. The normalized spacial score (nSPS) is 20.9. The minimum atomic E-state index is -4.41. The highest BCUT2D eigenvalue weighted by molar-refractivity contribution is 5.80. The molecular weight excluding hydrogens is 243 g/mol. The highest BCUT2D eigenvalue weighted by Gasteiger charge is 2.43. The van der Waals surface area contributed by atoms with Crippen LogP contribution in [0.5, 0.6) is 0 Å². The van der Waals surface area contributed by atoms with Gasteiger partial charge in [-0.05, 0) is 31.8 Å². The summed E-state index contributed by atoms with van der Waals surface area (Å²) in [6, 6.07) is 0. The SMILES string of the molecule is CCCC1CCN(CC(C(=N)N)C(F)(F)F)CC1. The van der Waals surface area contributed by atoms with Crippen LogP contribution in [0.25, 0.3) is 0 Å². The summed E-state index contributed by atoms with van der Waals surface area (Å²) >= 11 is 0. The van der Waals surface area contributed by atoms with E-state index in [0.29, 0.717) is 19.0 Å². The molecule has 0 aliphatic carbocycles. The quantitative estimate of drug-likeness (QED) is 0.593. The maximum atomic E-state index is 12.7. The molecule has 0 spiro atoms. The average Bonchev–Trinajstić information content (AvgIpc) is 2.26. The lowest BCUT2D eigenvalue weighted by Crippen LogP contribution is -2.46. The van der Waals surface area contributed by atoms with Gasteiger partial charge in [0, 0.05) is 6.54 Å². The molecule has 0 aromatic carbocycles. The largest absolute Gasteiger partial charge is 0.399 e. The average molecular weight is 265 g/mol. The summed E-state index contributed by atoms with van der Waals surface area (Å²) in [6.45, 7) is 3.33. The molecule has 1 aliphatic heterocycles. The minimum Gasteiger partial charge on any atom is -0.387 e. The Bertz CT molecular complexity index is 270. The van der Waals surface area contributed by atoms with Crippen molar-refractivity contribution in [3.8, 4) is 0 Å². The Balaban J connectivity index is 2.46. The minimum absolute atomic E-state index is 0.169. The molecule has 106 valence electrons. The van der Waals surface area contributed by atoms with Gasteiger partial charge in [0.05, 0.1) is 0 Å². The molecule has 1 aliphatic rings. The van der Waals surface area contributed by atoms with E-state index in [0.717, 1.165) is 25.7 Å². The molecule has 1 fully saturated rings. The van der Waals surface area contributed by atoms with Crippen LogP contribution in [-0.2, 0) is 0 Å². The molecule has 0 amide bonds. The molecule has 1 atom stereocenters. The van der Waals surface area contributed by atoms with Crippen LogP contribution in [0.2, 0.25) is 0 Å². The first kappa shape index (κ1) is 15.3. The molecule has 3 nitrogen and oxygen atoms in total. The predicted octanol–water partition coefficient (Wildman–Crippen LogP) is 2.61. The van der Waals surface area contributed by atoms with E-state index in [4.69, 9.17) is 11.1 Å². The van der Waals surface area contributed by atoms with E-state index in [1.54, 1.807) is 4.90 Å². The third-order valence-electron chi connectivity index (χ3n) is 3.62. The molecule has 18 heavy (non-hydrogen) atoms. The third-order valence-corrected chi connectivity index (χ3v) is 3.62. The standard InChI is InChI=1S/C12H22F3N3/c1-2-3-9-4-6-18(7-5-9)8-10(11(16)17)12(13,14)15/h9-10H,2-8H2,1H3,(H3,16,17). The summed E-state index contributed by atoms with van der Waals surface area (Å²) in [4.78, 5) is 1.78. The fraction of sp³-hybridized carbons (Fsp3) is 0.917. The van der Waals surface area contributed by atoms with Crippen molar-refractivity contribution < 1.29 is 13.2 Å². The zero-order valence-electron chi connectivity index (χ0n) is 10.8. The number of halogens is 3. The number of hydrogen-bond donors (Lipinski definition) is 2. The molecule has 1 saturated heterocycles. The maximum Gasteiger partial charge on any atom is 0.399 e. The van der Waals surface area contributed by atoms with Crippen LogP contribution < -0.4 is 5.73 Å². The van der Waals surface area contributed by atoms with Gasteiger partial charge < -0.3 is 10.6 Å². The summed E-state index contributed by atoms with van der Waals surface area (Å²) in [5.41, 5.74) is 5.05. The molecule has 1 heterocycles. The van der Waals surface area contributed by atoms with Crippen molar-refractivity contribution in [3.63, 3.8) is 0 Å². The molecule has 1 unspecified atom stereocenters. The van der Waals surface area contributed by atoms with Gasteiger partial charge >= 0.3 is 6.18 Å². The second-order valence-corrected chi connectivity index (χ2v) is 5.08. The van der Waals surface area contributed by atoms with E-state index in [1.807, 2.05) is 0 Å². The van der Waals surface area contributed by atoms with Gasteiger partial charge in [-0.25, -0.2) is 0 Å². The molecule has 0 radical (unpaired) electrons. The fourth-order valence-corrected chi connectivity index (χ4v) is 2.50. The molecule has 0 aromatic heterocycles. The van der Waals surface area contributed by atoms with Gasteiger partial charge in [-0.15, -0.1) is 0 Å². The predicted molar refractivity (Wildman–Crippen MR) is 65.5 cm³/mol. The van der Waals surface area contributed by atoms with Crippen molar-refractivity contribution in [2.24, 2.45) is 17.6 Å². The first-order valence-electron chi connectivity index (χ1n) is 6.47. The van der Waals surface area contributed by atoms with Crippen molar-refractivity contribution in [1.29, 1.82) is 5.41 Å². The Kier molecular flexibility index (Phi) is 5.44. The lowest BCUT2D eigenvalue weighted by Gasteiger charge is -2.34.